The van der Waals surface area contributed by atoms with Gasteiger partial charge in [0, 0.05) is 19.1 Å². The third-order valence-electron chi connectivity index (χ3n) is 3.40. The first-order valence-corrected chi connectivity index (χ1v) is 6.58. The third-order valence-corrected chi connectivity index (χ3v) is 3.69. The van der Waals surface area contributed by atoms with Gasteiger partial charge in [-0.1, -0.05) is 11.6 Å². The third kappa shape index (κ3) is 3.40. The van der Waals surface area contributed by atoms with Crippen LogP contribution in [0.5, 0.6) is 0 Å². The predicted molar refractivity (Wildman–Crippen MR) is 76.3 cm³/mol. The Hall–Kier alpha value is -0.910. The van der Waals surface area contributed by atoms with Gasteiger partial charge in [0.2, 0.25) is 0 Å². The van der Waals surface area contributed by atoms with E-state index < -0.39 is 17.5 Å². The summed E-state index contributed by atoms with van der Waals surface area (Å²) in [5.41, 5.74) is 5.33. The Morgan fingerprint density at radius 3 is 2.70 bits per heavy atom. The van der Waals surface area contributed by atoms with Crippen LogP contribution in [0.4, 0.5) is 8.78 Å². The molecule has 2 N–H and O–H groups in total. The summed E-state index contributed by atoms with van der Waals surface area (Å²) in [4.78, 5) is 13.8. The maximum absolute atomic E-state index is 13.7. The molecule has 3 nitrogen and oxygen atoms in total. The van der Waals surface area contributed by atoms with Crippen LogP contribution >= 0.6 is 24.0 Å². The van der Waals surface area contributed by atoms with Gasteiger partial charge in [-0.3, -0.25) is 4.79 Å². The van der Waals surface area contributed by atoms with E-state index in [0.29, 0.717) is 13.1 Å². The molecule has 20 heavy (non-hydrogen) atoms. The summed E-state index contributed by atoms with van der Waals surface area (Å²) < 4.78 is 27.1. The Morgan fingerprint density at radius 1 is 1.35 bits per heavy atom. The lowest BCUT2D eigenvalue weighted by Gasteiger charge is -2.35. The van der Waals surface area contributed by atoms with Gasteiger partial charge in [0.15, 0.2) is 0 Å². The number of piperidine rings is 1. The fourth-order valence-corrected chi connectivity index (χ4v) is 2.50. The minimum Gasteiger partial charge on any atom is -0.334 e. The first kappa shape index (κ1) is 17.1. The monoisotopic (exact) mass is 324 g/mol. The molecule has 0 aliphatic carbocycles. The molecule has 1 aromatic rings. The number of halogens is 4. The molecule has 2 rings (SSSR count). The molecule has 0 spiro atoms. The number of benzene rings is 1. The van der Waals surface area contributed by atoms with E-state index in [-0.39, 0.29) is 29.0 Å². The van der Waals surface area contributed by atoms with Crippen LogP contribution in [0.1, 0.15) is 29.6 Å². The van der Waals surface area contributed by atoms with Crippen molar-refractivity contribution in [3.05, 3.63) is 34.4 Å². The molecule has 112 valence electrons. The molecule has 0 bridgehead atoms. The molecule has 0 radical (unpaired) electrons. The molecule has 1 unspecified atom stereocenters. The topological polar surface area (TPSA) is 46.3 Å². The van der Waals surface area contributed by atoms with Gasteiger partial charge >= 0.3 is 0 Å². The average Bonchev–Trinajstić information content (AvgIpc) is 2.42. The second kappa shape index (κ2) is 7.20. The first-order chi connectivity index (χ1) is 9.04. The minimum absolute atomic E-state index is 0. The van der Waals surface area contributed by atoms with Crippen molar-refractivity contribution >= 4 is 29.9 Å². The summed E-state index contributed by atoms with van der Waals surface area (Å²) in [6.45, 7) is 0.841. The van der Waals surface area contributed by atoms with E-state index in [1.54, 1.807) is 0 Å². The normalized spacial score (nSPS) is 18.6. The van der Waals surface area contributed by atoms with E-state index in [1.807, 2.05) is 0 Å². The van der Waals surface area contributed by atoms with E-state index in [0.717, 1.165) is 31.4 Å². The van der Waals surface area contributed by atoms with Crippen LogP contribution in [-0.4, -0.2) is 29.9 Å². The quantitative estimate of drug-likeness (QED) is 0.850. The van der Waals surface area contributed by atoms with Gasteiger partial charge in [0.1, 0.15) is 11.6 Å². The Bertz CT molecular complexity index is 500. The lowest BCUT2D eigenvalue weighted by Crippen LogP contribution is -2.47. The van der Waals surface area contributed by atoms with Gasteiger partial charge in [-0.2, -0.15) is 0 Å². The van der Waals surface area contributed by atoms with Crippen LogP contribution in [-0.2, 0) is 0 Å². The molecule has 1 saturated heterocycles. The zero-order valence-corrected chi connectivity index (χ0v) is 12.3. The maximum atomic E-state index is 13.7. The molecule has 1 aromatic carbocycles. The van der Waals surface area contributed by atoms with E-state index in [4.69, 9.17) is 17.3 Å². The zero-order valence-electron chi connectivity index (χ0n) is 10.7. The number of rotatable bonds is 2. The fraction of sp³-hybridized carbons (Fsp3) is 0.462. The summed E-state index contributed by atoms with van der Waals surface area (Å²) >= 11 is 5.47. The number of carbonyl (C=O) groups excluding carboxylic acids is 1. The molecule has 1 fully saturated rings. The van der Waals surface area contributed by atoms with Gasteiger partial charge in [0.25, 0.3) is 5.91 Å². The lowest BCUT2D eigenvalue weighted by molar-refractivity contribution is 0.0618. The minimum atomic E-state index is -0.808. The van der Waals surface area contributed by atoms with Crippen molar-refractivity contribution in [1.29, 1.82) is 0 Å². The smallest absolute Gasteiger partial charge is 0.257 e. The molecule has 7 heteroatoms. The second-order valence-electron chi connectivity index (χ2n) is 4.63. The second-order valence-corrected chi connectivity index (χ2v) is 5.04. The largest absolute Gasteiger partial charge is 0.334 e. The number of carbonyl (C=O) groups is 1. The molecular formula is C13H16Cl2F2N2O. The molecule has 1 aliphatic heterocycles. The number of nitrogens with zero attached hydrogens (tertiary/aromatic N) is 1. The van der Waals surface area contributed by atoms with Gasteiger partial charge in [0.05, 0.1) is 10.6 Å². The van der Waals surface area contributed by atoms with Crippen molar-refractivity contribution in [3.8, 4) is 0 Å². The Labute approximate surface area is 127 Å². The van der Waals surface area contributed by atoms with E-state index in [9.17, 15) is 13.6 Å². The lowest BCUT2D eigenvalue weighted by atomic mass is 10.0. The van der Waals surface area contributed by atoms with Crippen molar-refractivity contribution < 1.29 is 13.6 Å². The number of hydrogen-bond acceptors (Lipinski definition) is 2. The predicted octanol–water partition coefficient (Wildman–Crippen LogP) is 2.99. The van der Waals surface area contributed by atoms with Crippen LogP contribution in [0.15, 0.2) is 12.1 Å². The van der Waals surface area contributed by atoms with Crippen LogP contribution in [0, 0.1) is 11.6 Å². The van der Waals surface area contributed by atoms with Gasteiger partial charge < -0.3 is 10.6 Å². The van der Waals surface area contributed by atoms with Crippen LogP contribution in [0.25, 0.3) is 0 Å². The van der Waals surface area contributed by atoms with Crippen molar-refractivity contribution in [3.63, 3.8) is 0 Å². The standard InChI is InChI=1S/C13H15ClF2N2O.ClH/c14-10-6-11(15)9(5-12(10)16)13(19)18-4-2-1-3-8(18)7-17;/h5-6,8H,1-4,7,17H2;1H. The summed E-state index contributed by atoms with van der Waals surface area (Å²) in [6.07, 6.45) is 2.63. The molecule has 0 aromatic heterocycles. The Kier molecular flexibility index (Phi) is 6.17. The Morgan fingerprint density at radius 2 is 2.05 bits per heavy atom. The molecule has 1 aliphatic rings. The van der Waals surface area contributed by atoms with Crippen LogP contribution in [0.2, 0.25) is 5.02 Å². The molecule has 1 amide bonds. The highest BCUT2D eigenvalue weighted by atomic mass is 35.5. The highest BCUT2D eigenvalue weighted by Crippen LogP contribution is 2.23. The molecular weight excluding hydrogens is 309 g/mol. The number of amides is 1. The van der Waals surface area contributed by atoms with Crippen LogP contribution in [0.3, 0.4) is 0 Å². The van der Waals surface area contributed by atoms with Gasteiger partial charge in [-0.05, 0) is 31.4 Å². The number of likely N-dealkylation sites (tertiary alicyclic amines) is 1. The molecule has 1 heterocycles. The van der Waals surface area contributed by atoms with Crippen molar-refractivity contribution in [2.45, 2.75) is 25.3 Å². The zero-order chi connectivity index (χ0) is 14.0. The van der Waals surface area contributed by atoms with E-state index in [2.05, 4.69) is 0 Å². The van der Waals surface area contributed by atoms with E-state index in [1.165, 1.54) is 4.90 Å². The summed E-state index contributed by atoms with van der Waals surface area (Å²) in [6, 6.07) is 1.56. The van der Waals surface area contributed by atoms with Crippen molar-refractivity contribution in [2.75, 3.05) is 13.1 Å². The van der Waals surface area contributed by atoms with Crippen molar-refractivity contribution in [1.82, 2.24) is 4.90 Å². The molecule has 0 saturated carbocycles. The SMILES string of the molecule is Cl.NCC1CCCCN1C(=O)c1cc(F)c(Cl)cc1F. The number of nitrogens with two attached hydrogens (primary N) is 1. The average molecular weight is 325 g/mol. The summed E-state index contributed by atoms with van der Waals surface area (Å²) in [5, 5.41) is -0.330. The fourth-order valence-electron chi connectivity index (χ4n) is 2.35. The first-order valence-electron chi connectivity index (χ1n) is 6.20. The van der Waals surface area contributed by atoms with Crippen LogP contribution < -0.4 is 5.73 Å². The summed E-state index contributed by atoms with van der Waals surface area (Å²) in [7, 11) is 0. The van der Waals surface area contributed by atoms with E-state index >= 15 is 0 Å². The summed E-state index contributed by atoms with van der Waals surface area (Å²) in [5.74, 6) is -2.13. The highest BCUT2D eigenvalue weighted by molar-refractivity contribution is 6.30. The van der Waals surface area contributed by atoms with Gasteiger partial charge in [-0.25, -0.2) is 8.78 Å². The van der Waals surface area contributed by atoms with Crippen molar-refractivity contribution in [2.24, 2.45) is 5.73 Å². The molecule has 1 atom stereocenters. The Balaban J connectivity index is 0.00000200. The number of hydrogen-bond donors (Lipinski definition) is 1. The highest BCUT2D eigenvalue weighted by Gasteiger charge is 2.28. The maximum Gasteiger partial charge on any atom is 0.257 e. The van der Waals surface area contributed by atoms with Gasteiger partial charge in [-0.15, -0.1) is 12.4 Å².